The van der Waals surface area contributed by atoms with Gasteiger partial charge < -0.3 is 10.2 Å². The molecule has 2 atom stereocenters. The second-order valence-corrected chi connectivity index (χ2v) is 5.76. The molecule has 0 aliphatic carbocycles. The van der Waals surface area contributed by atoms with Crippen molar-refractivity contribution in [3.8, 4) is 0 Å². The van der Waals surface area contributed by atoms with E-state index in [-0.39, 0.29) is 5.75 Å². The van der Waals surface area contributed by atoms with Gasteiger partial charge in [-0.1, -0.05) is 60.1 Å². The number of rotatable bonds is 3. The number of fused-ring (bicyclic) bond motifs is 2. The molecule has 2 unspecified atom stereocenters. The van der Waals surface area contributed by atoms with Gasteiger partial charge in [-0.2, -0.15) is 12.6 Å². The predicted molar refractivity (Wildman–Crippen MR) is 91.3 cm³/mol. The minimum atomic E-state index is -1.01. The molecule has 3 rings (SSSR count). The molecule has 108 valence electrons. The summed E-state index contributed by atoms with van der Waals surface area (Å²) in [6, 6.07) is 15.3. The molecule has 0 amide bonds. The van der Waals surface area contributed by atoms with E-state index in [0.29, 0.717) is 10.6 Å². The average Bonchev–Trinajstić information content (AvgIpc) is 2.54. The van der Waals surface area contributed by atoms with Crippen LogP contribution in [0.2, 0.25) is 5.02 Å². The minimum Gasteiger partial charge on any atom is -0.389 e. The van der Waals surface area contributed by atoms with Gasteiger partial charge in [-0.15, -0.1) is 0 Å². The first-order valence-electron chi connectivity index (χ1n) is 6.71. The number of hydrogen-bond acceptors (Lipinski definition) is 3. The van der Waals surface area contributed by atoms with E-state index in [4.69, 9.17) is 11.6 Å². The molecule has 2 nitrogen and oxygen atoms in total. The van der Waals surface area contributed by atoms with Crippen molar-refractivity contribution in [3.05, 3.63) is 59.1 Å². The van der Waals surface area contributed by atoms with Gasteiger partial charge in [-0.25, -0.2) is 0 Å². The summed E-state index contributed by atoms with van der Waals surface area (Å²) in [5.41, 5.74) is 0.701. The van der Waals surface area contributed by atoms with Crippen LogP contribution in [0.1, 0.15) is 11.7 Å². The Balaban J connectivity index is 2.46. The van der Waals surface area contributed by atoms with Gasteiger partial charge in [0.15, 0.2) is 0 Å². The second-order valence-electron chi connectivity index (χ2n) is 5.01. The Morgan fingerprint density at radius 1 is 0.857 bits per heavy atom. The van der Waals surface area contributed by atoms with Crippen LogP contribution in [0.4, 0.5) is 0 Å². The van der Waals surface area contributed by atoms with Crippen LogP contribution in [0.3, 0.4) is 0 Å². The fraction of sp³-hybridized carbons (Fsp3) is 0.176. The summed E-state index contributed by atoms with van der Waals surface area (Å²) in [6.07, 6.45) is -1.93. The summed E-state index contributed by atoms with van der Waals surface area (Å²) in [7, 11) is 0. The van der Waals surface area contributed by atoms with Crippen molar-refractivity contribution in [2.24, 2.45) is 0 Å². The standard InChI is InChI=1S/C17H15ClO2S/c18-16-12-7-3-1-5-10(12)15(17(20)14(19)9-21)11-6-2-4-8-13(11)16/h1-8,14,17,19-21H,9H2. The normalized spacial score (nSPS) is 14.5. The van der Waals surface area contributed by atoms with Gasteiger partial charge in [0.2, 0.25) is 0 Å². The molecule has 3 aromatic rings. The Kier molecular flexibility index (Phi) is 4.09. The highest BCUT2D eigenvalue weighted by Crippen LogP contribution is 2.39. The Morgan fingerprint density at radius 2 is 1.29 bits per heavy atom. The summed E-state index contributed by atoms with van der Waals surface area (Å²) in [5, 5.41) is 24.7. The monoisotopic (exact) mass is 318 g/mol. The zero-order valence-electron chi connectivity index (χ0n) is 11.2. The lowest BCUT2D eigenvalue weighted by atomic mass is 9.91. The van der Waals surface area contributed by atoms with Crippen LogP contribution >= 0.6 is 24.2 Å². The molecule has 21 heavy (non-hydrogen) atoms. The van der Waals surface area contributed by atoms with E-state index in [0.717, 1.165) is 21.5 Å². The van der Waals surface area contributed by atoms with E-state index in [1.165, 1.54) is 0 Å². The summed E-state index contributed by atoms with van der Waals surface area (Å²) in [5.74, 6) is 0.187. The first-order valence-corrected chi connectivity index (χ1v) is 7.72. The number of aliphatic hydroxyl groups is 2. The maximum absolute atomic E-state index is 10.5. The molecule has 0 aliphatic heterocycles. The molecule has 2 N–H and O–H groups in total. The van der Waals surface area contributed by atoms with Gasteiger partial charge in [0, 0.05) is 16.5 Å². The van der Waals surface area contributed by atoms with Gasteiger partial charge in [-0.3, -0.25) is 0 Å². The highest BCUT2D eigenvalue weighted by molar-refractivity contribution is 7.80. The van der Waals surface area contributed by atoms with Crippen molar-refractivity contribution in [1.29, 1.82) is 0 Å². The number of aliphatic hydroxyl groups excluding tert-OH is 2. The van der Waals surface area contributed by atoms with Gasteiger partial charge in [0.05, 0.1) is 11.1 Å². The topological polar surface area (TPSA) is 40.5 Å². The fourth-order valence-corrected chi connectivity index (χ4v) is 3.25. The molecule has 0 bridgehead atoms. The second kappa shape index (κ2) is 5.85. The van der Waals surface area contributed by atoms with Crippen molar-refractivity contribution < 1.29 is 10.2 Å². The van der Waals surface area contributed by atoms with Gasteiger partial charge in [-0.05, 0) is 16.3 Å². The predicted octanol–water partition coefficient (Wildman–Crippen LogP) is 3.97. The van der Waals surface area contributed by atoms with Crippen LogP contribution < -0.4 is 0 Å². The number of halogens is 1. The molecule has 0 heterocycles. The summed E-state index contributed by atoms with van der Waals surface area (Å²) in [4.78, 5) is 0. The Labute approximate surface area is 133 Å². The Bertz CT molecular complexity index is 746. The minimum absolute atomic E-state index is 0.187. The highest BCUT2D eigenvalue weighted by atomic mass is 35.5. The van der Waals surface area contributed by atoms with Crippen molar-refractivity contribution in [1.82, 2.24) is 0 Å². The molecular weight excluding hydrogens is 304 g/mol. The number of hydrogen-bond donors (Lipinski definition) is 3. The third-order valence-corrected chi connectivity index (χ3v) is 4.54. The Hall–Kier alpha value is -1.26. The summed E-state index contributed by atoms with van der Waals surface area (Å²) < 4.78 is 0. The zero-order valence-corrected chi connectivity index (χ0v) is 12.9. The average molecular weight is 319 g/mol. The lowest BCUT2D eigenvalue weighted by Crippen LogP contribution is -2.20. The van der Waals surface area contributed by atoms with Gasteiger partial charge >= 0.3 is 0 Å². The number of benzene rings is 3. The van der Waals surface area contributed by atoms with E-state index in [1.54, 1.807) is 0 Å². The zero-order chi connectivity index (χ0) is 15.0. The van der Waals surface area contributed by atoms with E-state index >= 15 is 0 Å². The summed E-state index contributed by atoms with van der Waals surface area (Å²) in [6.45, 7) is 0. The largest absolute Gasteiger partial charge is 0.389 e. The SMILES string of the molecule is OC(CS)C(O)c1c2ccccc2c(Cl)c2ccccc12. The van der Waals surface area contributed by atoms with Crippen LogP contribution in [-0.2, 0) is 0 Å². The molecule has 0 saturated carbocycles. The first kappa shape index (κ1) is 14.7. The maximum atomic E-state index is 10.5. The van der Waals surface area contributed by atoms with E-state index in [9.17, 15) is 10.2 Å². The van der Waals surface area contributed by atoms with Crippen LogP contribution in [0.5, 0.6) is 0 Å². The van der Waals surface area contributed by atoms with Crippen LogP contribution in [-0.4, -0.2) is 22.1 Å². The van der Waals surface area contributed by atoms with Crippen LogP contribution in [0.25, 0.3) is 21.5 Å². The van der Waals surface area contributed by atoms with Crippen molar-refractivity contribution in [3.63, 3.8) is 0 Å². The Morgan fingerprint density at radius 3 is 1.71 bits per heavy atom. The molecule has 0 aromatic heterocycles. The highest BCUT2D eigenvalue weighted by Gasteiger charge is 2.23. The van der Waals surface area contributed by atoms with Crippen molar-refractivity contribution in [2.45, 2.75) is 12.2 Å². The van der Waals surface area contributed by atoms with E-state index in [2.05, 4.69) is 12.6 Å². The van der Waals surface area contributed by atoms with E-state index in [1.807, 2.05) is 48.5 Å². The van der Waals surface area contributed by atoms with Crippen LogP contribution in [0.15, 0.2) is 48.5 Å². The lowest BCUT2D eigenvalue weighted by Gasteiger charge is -2.21. The quantitative estimate of drug-likeness (QED) is 0.505. The van der Waals surface area contributed by atoms with Crippen LogP contribution in [0, 0.1) is 0 Å². The third-order valence-electron chi connectivity index (χ3n) is 3.75. The third kappa shape index (κ3) is 2.40. The van der Waals surface area contributed by atoms with E-state index < -0.39 is 12.2 Å². The molecule has 0 aliphatic rings. The molecule has 0 radical (unpaired) electrons. The molecule has 0 saturated heterocycles. The number of thiol groups is 1. The lowest BCUT2D eigenvalue weighted by molar-refractivity contribution is 0.0356. The summed E-state index contributed by atoms with van der Waals surface area (Å²) >= 11 is 10.6. The van der Waals surface area contributed by atoms with Gasteiger partial charge in [0.1, 0.15) is 6.10 Å². The maximum Gasteiger partial charge on any atom is 0.107 e. The molecule has 0 fully saturated rings. The molecule has 3 aromatic carbocycles. The smallest absolute Gasteiger partial charge is 0.107 e. The van der Waals surface area contributed by atoms with Gasteiger partial charge in [0.25, 0.3) is 0 Å². The first-order chi connectivity index (χ1) is 10.1. The fourth-order valence-electron chi connectivity index (χ4n) is 2.72. The molecule has 0 spiro atoms. The molecular formula is C17H15ClO2S. The van der Waals surface area contributed by atoms with Crippen molar-refractivity contribution >= 4 is 45.8 Å². The van der Waals surface area contributed by atoms with Crippen molar-refractivity contribution in [2.75, 3.05) is 5.75 Å². The molecule has 4 heteroatoms.